The van der Waals surface area contributed by atoms with Crippen molar-refractivity contribution in [2.75, 3.05) is 0 Å². The zero-order valence-electron chi connectivity index (χ0n) is 14.1. The minimum absolute atomic E-state index is 1.12. The molecule has 124 valence electrons. The van der Waals surface area contributed by atoms with Crippen LogP contribution < -0.4 is 0 Å². The summed E-state index contributed by atoms with van der Waals surface area (Å²) in [5.41, 5.74) is 4.58. The maximum Gasteiger partial charge on any atom is 0.0813 e. The van der Waals surface area contributed by atoms with Gasteiger partial charge in [-0.2, -0.15) is 0 Å². The van der Waals surface area contributed by atoms with Gasteiger partial charge < -0.3 is 9.13 Å². The average Bonchev–Trinajstić information content (AvgIpc) is 3.20. The van der Waals surface area contributed by atoms with Gasteiger partial charge in [-0.25, -0.2) is 0 Å². The van der Waals surface area contributed by atoms with Crippen LogP contribution >= 0.6 is 11.8 Å². The Morgan fingerprint density at radius 1 is 0.680 bits per heavy atom. The van der Waals surface area contributed by atoms with Gasteiger partial charge in [-0.1, -0.05) is 11.8 Å². The predicted molar refractivity (Wildman–Crippen MR) is 101 cm³/mol. The first-order chi connectivity index (χ1) is 12.2. The molecule has 0 bridgehead atoms. The second-order valence-electron chi connectivity index (χ2n) is 5.82. The van der Waals surface area contributed by atoms with E-state index in [2.05, 4.69) is 69.6 Å². The van der Waals surface area contributed by atoms with Crippen LogP contribution in [0.25, 0.3) is 22.5 Å². The van der Waals surface area contributed by atoms with Crippen molar-refractivity contribution in [1.29, 1.82) is 0 Å². The molecule has 0 unspecified atom stereocenters. The Balaban J connectivity index is 1.64. The van der Waals surface area contributed by atoms with Gasteiger partial charge in [0.15, 0.2) is 0 Å². The summed E-state index contributed by atoms with van der Waals surface area (Å²) in [6.07, 6.45) is 7.39. The Labute approximate surface area is 151 Å². The molecule has 0 fully saturated rings. The highest BCUT2D eigenvalue weighted by molar-refractivity contribution is 7.99. The van der Waals surface area contributed by atoms with Gasteiger partial charge in [0.2, 0.25) is 0 Å². The molecular weight excluding hydrogens is 328 g/mol. The second kappa shape index (κ2) is 6.61. The quantitative estimate of drug-likeness (QED) is 0.540. The topological polar surface area (TPSA) is 35.6 Å². The summed E-state index contributed by atoms with van der Waals surface area (Å²) in [6.45, 7) is 0. The Morgan fingerprint density at radius 2 is 1.16 bits per heavy atom. The predicted octanol–water partition coefficient (Wildman–Crippen LogP) is 4.64. The Kier molecular flexibility index (Phi) is 4.15. The van der Waals surface area contributed by atoms with Gasteiger partial charge in [-0.15, -0.1) is 0 Å². The van der Waals surface area contributed by atoms with E-state index < -0.39 is 0 Å². The summed E-state index contributed by atoms with van der Waals surface area (Å²) in [7, 11) is 4.19. The molecule has 0 atom stereocenters. The van der Waals surface area contributed by atoms with E-state index in [0.717, 1.165) is 22.5 Å². The summed E-state index contributed by atoms with van der Waals surface area (Å²) < 4.78 is 4.41. The van der Waals surface area contributed by atoms with E-state index in [-0.39, 0.29) is 0 Å². The number of nitrogens with zero attached hydrogens (tertiary/aromatic N) is 4. The molecule has 4 nitrogen and oxygen atoms in total. The smallest absolute Gasteiger partial charge is 0.0813 e. The van der Waals surface area contributed by atoms with Gasteiger partial charge in [0.1, 0.15) is 0 Å². The zero-order valence-corrected chi connectivity index (χ0v) is 14.9. The first kappa shape index (κ1) is 15.7. The third-order valence-electron chi connectivity index (χ3n) is 4.28. The van der Waals surface area contributed by atoms with Crippen molar-refractivity contribution < 1.29 is 0 Å². The lowest BCUT2D eigenvalue weighted by molar-refractivity contribution is 0.813. The molecule has 0 aliphatic rings. The largest absolute Gasteiger partial charge is 0.338 e. The van der Waals surface area contributed by atoms with Crippen LogP contribution in [0.4, 0.5) is 0 Å². The number of rotatable bonds is 4. The van der Waals surface area contributed by atoms with E-state index in [1.54, 1.807) is 24.2 Å². The molecule has 4 aromatic rings. The van der Waals surface area contributed by atoms with Crippen molar-refractivity contribution in [3.63, 3.8) is 0 Å². The molecule has 0 saturated carbocycles. The van der Waals surface area contributed by atoms with Crippen LogP contribution in [0, 0.1) is 0 Å². The third kappa shape index (κ3) is 2.98. The highest BCUT2D eigenvalue weighted by atomic mass is 32.2. The van der Waals surface area contributed by atoms with E-state index in [1.807, 2.05) is 24.5 Å². The van der Waals surface area contributed by atoms with Gasteiger partial charge in [0.05, 0.1) is 21.4 Å². The lowest BCUT2D eigenvalue weighted by Gasteiger charge is -2.10. The maximum absolute atomic E-state index is 4.22. The second-order valence-corrected chi connectivity index (χ2v) is 6.86. The molecule has 25 heavy (non-hydrogen) atoms. The zero-order chi connectivity index (χ0) is 17.2. The van der Waals surface area contributed by atoms with Crippen LogP contribution in [0.5, 0.6) is 0 Å². The number of hydrogen-bond donors (Lipinski definition) is 0. The van der Waals surface area contributed by atoms with Crippen LogP contribution in [-0.2, 0) is 14.1 Å². The van der Waals surface area contributed by atoms with Crippen molar-refractivity contribution in [2.24, 2.45) is 14.1 Å². The summed E-state index contributed by atoms with van der Waals surface area (Å²) in [6, 6.07) is 16.7. The molecular formula is C20H18N4S. The molecule has 4 heterocycles. The summed E-state index contributed by atoms with van der Waals surface area (Å²) >= 11 is 1.76. The van der Waals surface area contributed by atoms with Gasteiger partial charge in [-0.3, -0.25) is 9.97 Å². The normalized spacial score (nSPS) is 11.0. The molecule has 0 N–H and O–H groups in total. The highest BCUT2D eigenvalue weighted by Gasteiger charge is 2.12. The van der Waals surface area contributed by atoms with Crippen molar-refractivity contribution in [3.05, 3.63) is 73.3 Å². The Morgan fingerprint density at radius 3 is 1.56 bits per heavy atom. The third-order valence-corrected chi connectivity index (χ3v) is 5.51. The van der Waals surface area contributed by atoms with E-state index in [0.29, 0.717) is 0 Å². The fraction of sp³-hybridized carbons (Fsp3) is 0.100. The molecule has 4 rings (SSSR count). The van der Waals surface area contributed by atoms with Gasteiger partial charge in [0.25, 0.3) is 0 Å². The molecule has 4 aromatic heterocycles. The number of pyridine rings is 2. The summed E-state index contributed by atoms with van der Waals surface area (Å²) in [5.74, 6) is 0. The molecule has 5 heteroatoms. The monoisotopic (exact) mass is 346 g/mol. The van der Waals surface area contributed by atoms with Crippen molar-refractivity contribution >= 4 is 11.8 Å². The SMILES string of the molecule is Cn1c(Sc2ccc(-c3cccnc3)n2C)ccc1-c1cccnc1. The van der Waals surface area contributed by atoms with Crippen LogP contribution in [-0.4, -0.2) is 19.1 Å². The van der Waals surface area contributed by atoms with Crippen LogP contribution in [0.3, 0.4) is 0 Å². The molecule has 0 spiro atoms. The summed E-state index contributed by atoms with van der Waals surface area (Å²) in [5, 5.41) is 2.38. The standard InChI is InChI=1S/C20H18N4S/c1-23-17(15-5-3-11-21-13-15)7-9-19(23)25-20-10-8-18(24(20)2)16-6-4-12-22-14-16/h3-14H,1-2H3. The highest BCUT2D eigenvalue weighted by Crippen LogP contribution is 2.34. The van der Waals surface area contributed by atoms with Crippen molar-refractivity contribution in [2.45, 2.75) is 10.1 Å². The van der Waals surface area contributed by atoms with E-state index in [9.17, 15) is 0 Å². The minimum atomic E-state index is 1.12. The van der Waals surface area contributed by atoms with Crippen molar-refractivity contribution in [3.8, 4) is 22.5 Å². The molecule has 0 radical (unpaired) electrons. The Bertz CT molecular complexity index is 905. The lowest BCUT2D eigenvalue weighted by Crippen LogP contribution is -1.96. The fourth-order valence-electron chi connectivity index (χ4n) is 2.91. The van der Waals surface area contributed by atoms with E-state index >= 15 is 0 Å². The fourth-order valence-corrected chi connectivity index (χ4v) is 3.86. The van der Waals surface area contributed by atoms with Crippen molar-refractivity contribution in [1.82, 2.24) is 19.1 Å². The number of aromatic nitrogens is 4. The summed E-state index contributed by atoms with van der Waals surface area (Å²) in [4.78, 5) is 8.43. The Hall–Kier alpha value is -2.79. The van der Waals surface area contributed by atoms with Crippen LogP contribution in [0.15, 0.2) is 83.4 Å². The molecule has 0 amide bonds. The van der Waals surface area contributed by atoms with E-state index in [1.165, 1.54) is 10.1 Å². The van der Waals surface area contributed by atoms with E-state index in [4.69, 9.17) is 0 Å². The van der Waals surface area contributed by atoms with Gasteiger partial charge in [0, 0.05) is 50.0 Å². The van der Waals surface area contributed by atoms with Gasteiger partial charge >= 0.3 is 0 Å². The minimum Gasteiger partial charge on any atom is -0.338 e. The average molecular weight is 346 g/mol. The lowest BCUT2D eigenvalue weighted by atomic mass is 10.2. The molecule has 0 aliphatic carbocycles. The maximum atomic E-state index is 4.22. The van der Waals surface area contributed by atoms with Crippen LogP contribution in [0.1, 0.15) is 0 Å². The molecule has 0 saturated heterocycles. The molecule has 0 aliphatic heterocycles. The first-order valence-electron chi connectivity index (χ1n) is 8.04. The molecule has 0 aromatic carbocycles. The number of hydrogen-bond acceptors (Lipinski definition) is 3. The van der Waals surface area contributed by atoms with Gasteiger partial charge in [-0.05, 0) is 48.5 Å². The van der Waals surface area contributed by atoms with Crippen LogP contribution in [0.2, 0.25) is 0 Å². The first-order valence-corrected chi connectivity index (χ1v) is 8.86.